The lowest BCUT2D eigenvalue weighted by atomic mass is 10.0. The van der Waals surface area contributed by atoms with Gasteiger partial charge in [-0.3, -0.25) is 14.0 Å². The largest absolute Gasteiger partial charge is 0.349 e. The highest BCUT2D eigenvalue weighted by atomic mass is 32.1. The Morgan fingerprint density at radius 1 is 1.15 bits per heavy atom. The van der Waals surface area contributed by atoms with Gasteiger partial charge in [-0.2, -0.15) is 0 Å². The van der Waals surface area contributed by atoms with Gasteiger partial charge in [0.05, 0.1) is 15.8 Å². The molecule has 1 aromatic carbocycles. The van der Waals surface area contributed by atoms with Gasteiger partial charge >= 0.3 is 0 Å². The highest BCUT2D eigenvalue weighted by molar-refractivity contribution is 7.18. The van der Waals surface area contributed by atoms with Gasteiger partial charge in [-0.05, 0) is 34.5 Å². The Bertz CT molecular complexity index is 1170. The second-order valence-electron chi connectivity index (χ2n) is 5.83. The fraction of sp³-hybridized carbons (Fsp3) is 0.100. The van der Waals surface area contributed by atoms with Gasteiger partial charge in [-0.25, -0.2) is 4.39 Å². The van der Waals surface area contributed by atoms with E-state index in [-0.39, 0.29) is 12.1 Å². The minimum absolute atomic E-state index is 0.0643. The van der Waals surface area contributed by atoms with Gasteiger partial charge in [-0.1, -0.05) is 30.3 Å². The molecule has 3 heterocycles. The van der Waals surface area contributed by atoms with Crippen molar-refractivity contribution in [3.8, 4) is 11.1 Å². The first-order valence-corrected chi connectivity index (χ1v) is 9.04. The third-order valence-electron chi connectivity index (χ3n) is 4.26. The van der Waals surface area contributed by atoms with Gasteiger partial charge in [0.1, 0.15) is 6.67 Å². The fourth-order valence-corrected chi connectivity index (χ4v) is 4.00. The van der Waals surface area contributed by atoms with Crippen LogP contribution in [0.2, 0.25) is 0 Å². The molecule has 1 N–H and O–H groups in total. The Hall–Kier alpha value is -2.99. The zero-order valence-corrected chi connectivity index (χ0v) is 14.6. The van der Waals surface area contributed by atoms with Crippen molar-refractivity contribution in [3.63, 3.8) is 0 Å². The van der Waals surface area contributed by atoms with Gasteiger partial charge < -0.3 is 5.32 Å². The van der Waals surface area contributed by atoms with E-state index < -0.39 is 12.6 Å². The summed E-state index contributed by atoms with van der Waals surface area (Å²) in [6.45, 7) is -0.707. The molecule has 0 bridgehead atoms. The van der Waals surface area contributed by atoms with E-state index in [1.54, 1.807) is 12.3 Å². The molecule has 0 radical (unpaired) electrons. The molecule has 26 heavy (non-hydrogen) atoms. The van der Waals surface area contributed by atoms with Crippen molar-refractivity contribution in [1.29, 1.82) is 0 Å². The Morgan fingerprint density at radius 2 is 1.96 bits per heavy atom. The van der Waals surface area contributed by atoms with E-state index in [2.05, 4.69) is 5.32 Å². The standard InChI is InChI=1S/C20H15FN2O2S/c21-8-9-22-19(24)16-12-15(13-4-2-1-3-5-13)20(25)23-10-6-14-7-11-26-18(14)17(16)23/h1-7,10-12H,8-9H2,(H,22,24). The Morgan fingerprint density at radius 3 is 2.73 bits per heavy atom. The summed E-state index contributed by atoms with van der Waals surface area (Å²) >= 11 is 1.47. The number of carbonyl (C=O) groups excluding carboxylic acids is 1. The van der Waals surface area contributed by atoms with Crippen LogP contribution in [0.3, 0.4) is 0 Å². The minimum Gasteiger partial charge on any atom is -0.349 e. The van der Waals surface area contributed by atoms with Crippen LogP contribution in [-0.4, -0.2) is 23.5 Å². The number of nitrogens with zero attached hydrogens (tertiary/aromatic N) is 1. The fourth-order valence-electron chi connectivity index (χ4n) is 3.06. The number of aromatic nitrogens is 1. The molecule has 1 amide bonds. The summed E-state index contributed by atoms with van der Waals surface area (Å²) in [7, 11) is 0. The summed E-state index contributed by atoms with van der Waals surface area (Å²) in [5.74, 6) is -0.391. The van der Waals surface area contributed by atoms with Gasteiger partial charge in [0.15, 0.2) is 0 Å². The zero-order chi connectivity index (χ0) is 18.1. The second kappa shape index (κ2) is 6.72. The van der Waals surface area contributed by atoms with Crippen molar-refractivity contribution in [2.24, 2.45) is 0 Å². The van der Waals surface area contributed by atoms with Gasteiger partial charge in [0, 0.05) is 18.3 Å². The summed E-state index contributed by atoms with van der Waals surface area (Å²) < 4.78 is 14.9. The maximum absolute atomic E-state index is 13.1. The van der Waals surface area contributed by atoms with Crippen LogP contribution >= 0.6 is 11.3 Å². The van der Waals surface area contributed by atoms with Crippen LogP contribution in [0.15, 0.2) is 64.9 Å². The van der Waals surface area contributed by atoms with Crippen LogP contribution in [0.4, 0.5) is 4.39 Å². The lowest BCUT2D eigenvalue weighted by Crippen LogP contribution is -2.28. The molecule has 130 valence electrons. The number of rotatable bonds is 4. The average Bonchev–Trinajstić information content (AvgIpc) is 3.16. The number of amides is 1. The van der Waals surface area contributed by atoms with Crippen LogP contribution < -0.4 is 10.9 Å². The third-order valence-corrected chi connectivity index (χ3v) is 5.19. The van der Waals surface area contributed by atoms with E-state index in [0.717, 1.165) is 15.6 Å². The third kappa shape index (κ3) is 2.68. The number of hydrogen-bond donors (Lipinski definition) is 1. The first-order chi connectivity index (χ1) is 12.7. The molecule has 0 atom stereocenters. The molecule has 0 aliphatic rings. The number of pyridine rings is 2. The minimum atomic E-state index is -0.642. The van der Waals surface area contributed by atoms with Crippen molar-refractivity contribution in [3.05, 3.63) is 76.0 Å². The molecule has 4 nitrogen and oxygen atoms in total. The molecule has 0 aliphatic heterocycles. The average molecular weight is 366 g/mol. The predicted molar refractivity (Wildman–Crippen MR) is 103 cm³/mol. The van der Waals surface area contributed by atoms with Crippen molar-refractivity contribution >= 4 is 32.8 Å². The number of fused-ring (bicyclic) bond motifs is 3. The molecular weight excluding hydrogens is 351 g/mol. The van der Waals surface area contributed by atoms with E-state index in [0.29, 0.717) is 16.6 Å². The van der Waals surface area contributed by atoms with Crippen LogP contribution in [-0.2, 0) is 0 Å². The molecule has 0 saturated carbocycles. The lowest BCUT2D eigenvalue weighted by Gasteiger charge is -2.12. The van der Waals surface area contributed by atoms with Gasteiger partial charge in [-0.15, -0.1) is 11.3 Å². The smallest absolute Gasteiger partial charge is 0.263 e. The monoisotopic (exact) mass is 366 g/mol. The predicted octanol–water partition coefficient (Wildman–Crippen LogP) is 3.88. The Balaban J connectivity index is 2.07. The summed E-state index contributed by atoms with van der Waals surface area (Å²) in [5.41, 5.74) is 1.90. The van der Waals surface area contributed by atoms with E-state index in [9.17, 15) is 14.0 Å². The van der Waals surface area contributed by atoms with Crippen molar-refractivity contribution in [1.82, 2.24) is 9.72 Å². The van der Waals surface area contributed by atoms with Crippen LogP contribution in [0.1, 0.15) is 10.4 Å². The van der Waals surface area contributed by atoms with Crippen LogP contribution in [0, 0.1) is 0 Å². The number of carbonyl (C=O) groups is 1. The molecule has 0 spiro atoms. The van der Waals surface area contributed by atoms with Crippen molar-refractivity contribution in [2.75, 3.05) is 13.2 Å². The lowest BCUT2D eigenvalue weighted by molar-refractivity contribution is 0.0952. The number of hydrogen-bond acceptors (Lipinski definition) is 3. The first kappa shape index (κ1) is 16.5. The molecule has 0 fully saturated rings. The molecule has 4 rings (SSSR count). The summed E-state index contributed by atoms with van der Waals surface area (Å²) in [5, 5.41) is 5.45. The van der Waals surface area contributed by atoms with Crippen molar-refractivity contribution in [2.45, 2.75) is 0 Å². The Kier molecular flexibility index (Phi) is 4.26. The highest BCUT2D eigenvalue weighted by Crippen LogP contribution is 2.29. The van der Waals surface area contributed by atoms with Crippen LogP contribution in [0.5, 0.6) is 0 Å². The number of halogens is 1. The maximum atomic E-state index is 13.1. The summed E-state index contributed by atoms with van der Waals surface area (Å²) in [4.78, 5) is 25.7. The molecule has 0 saturated heterocycles. The van der Waals surface area contributed by atoms with E-state index in [1.165, 1.54) is 15.7 Å². The SMILES string of the molecule is O=C(NCCF)c1cc(-c2ccccc2)c(=O)n2ccc3ccsc3c12. The van der Waals surface area contributed by atoms with E-state index >= 15 is 0 Å². The number of nitrogens with one attached hydrogen (secondary N) is 1. The molecule has 0 unspecified atom stereocenters. The first-order valence-electron chi connectivity index (χ1n) is 8.16. The number of alkyl halides is 1. The topological polar surface area (TPSA) is 50.6 Å². The molecule has 3 aromatic heterocycles. The molecular formula is C20H15FN2O2S. The van der Waals surface area contributed by atoms with Crippen LogP contribution in [0.25, 0.3) is 26.7 Å². The summed E-state index contributed by atoms with van der Waals surface area (Å²) in [6.07, 6.45) is 1.69. The van der Waals surface area contributed by atoms with E-state index in [1.807, 2.05) is 47.8 Å². The second-order valence-corrected chi connectivity index (χ2v) is 6.74. The summed E-state index contributed by atoms with van der Waals surface area (Å²) in [6, 6.07) is 14.6. The number of benzene rings is 1. The maximum Gasteiger partial charge on any atom is 0.263 e. The van der Waals surface area contributed by atoms with E-state index in [4.69, 9.17) is 0 Å². The van der Waals surface area contributed by atoms with Gasteiger partial charge in [0.2, 0.25) is 0 Å². The zero-order valence-electron chi connectivity index (χ0n) is 13.7. The number of thiophene rings is 1. The Labute approximate surface area is 152 Å². The van der Waals surface area contributed by atoms with Gasteiger partial charge in [0.25, 0.3) is 11.5 Å². The normalized spacial score (nSPS) is 11.1. The van der Waals surface area contributed by atoms with Crippen molar-refractivity contribution < 1.29 is 9.18 Å². The molecule has 0 aliphatic carbocycles. The molecule has 4 aromatic rings. The highest BCUT2D eigenvalue weighted by Gasteiger charge is 2.18. The molecule has 6 heteroatoms. The quantitative estimate of drug-likeness (QED) is 0.596.